The summed E-state index contributed by atoms with van der Waals surface area (Å²) >= 11 is 1.53. The van der Waals surface area contributed by atoms with Crippen LogP contribution in [0.15, 0.2) is 5.38 Å². The SMILES string of the molecule is CC(=O)c1c(C)[nH]c(-c2csc(C3(NC(=O)OC(C)(C)C)CCC3)n2)c1C. The second kappa shape index (κ2) is 6.78. The third kappa shape index (κ3) is 3.78. The van der Waals surface area contributed by atoms with E-state index in [1.165, 1.54) is 11.3 Å². The van der Waals surface area contributed by atoms with Gasteiger partial charge in [-0.1, -0.05) is 0 Å². The summed E-state index contributed by atoms with van der Waals surface area (Å²) in [4.78, 5) is 32.3. The topological polar surface area (TPSA) is 84.1 Å². The maximum absolute atomic E-state index is 12.3. The molecule has 2 N–H and O–H groups in total. The lowest BCUT2D eigenvalue weighted by atomic mass is 9.77. The number of alkyl carbamates (subject to hydrolysis) is 1. The number of thiazole rings is 1. The zero-order chi connectivity index (χ0) is 20.0. The molecule has 6 nitrogen and oxygen atoms in total. The van der Waals surface area contributed by atoms with Crippen molar-refractivity contribution in [2.24, 2.45) is 0 Å². The third-order valence-corrected chi connectivity index (χ3v) is 5.95. The number of rotatable bonds is 4. The molecule has 0 spiro atoms. The van der Waals surface area contributed by atoms with E-state index in [4.69, 9.17) is 9.72 Å². The molecule has 2 aromatic rings. The molecule has 0 aliphatic heterocycles. The Kier molecular flexibility index (Phi) is 4.93. The summed E-state index contributed by atoms with van der Waals surface area (Å²) in [5, 5.41) is 5.90. The number of ether oxygens (including phenoxy) is 1. The molecule has 7 heteroatoms. The van der Waals surface area contributed by atoms with Crippen LogP contribution in [0.1, 0.15) is 73.6 Å². The molecule has 1 aliphatic carbocycles. The number of aromatic nitrogens is 2. The predicted octanol–water partition coefficient (Wildman–Crippen LogP) is 4.86. The van der Waals surface area contributed by atoms with E-state index in [9.17, 15) is 9.59 Å². The fourth-order valence-corrected chi connectivity index (χ4v) is 4.59. The molecule has 3 rings (SSSR count). The van der Waals surface area contributed by atoms with Crippen LogP contribution in [0.25, 0.3) is 11.4 Å². The van der Waals surface area contributed by atoms with E-state index >= 15 is 0 Å². The first-order valence-electron chi connectivity index (χ1n) is 9.20. The van der Waals surface area contributed by atoms with Gasteiger partial charge in [-0.25, -0.2) is 9.78 Å². The van der Waals surface area contributed by atoms with E-state index in [2.05, 4.69) is 10.3 Å². The summed E-state index contributed by atoms with van der Waals surface area (Å²) in [5.74, 6) is 0.0463. The number of hydrogen-bond donors (Lipinski definition) is 2. The zero-order valence-electron chi connectivity index (χ0n) is 16.8. The maximum atomic E-state index is 12.3. The lowest BCUT2D eigenvalue weighted by Gasteiger charge is -2.40. The molecule has 2 aromatic heterocycles. The Hall–Kier alpha value is -2.15. The quantitative estimate of drug-likeness (QED) is 0.731. The number of carbonyl (C=O) groups excluding carboxylic acids is 2. The fraction of sp³-hybridized carbons (Fsp3) is 0.550. The summed E-state index contributed by atoms with van der Waals surface area (Å²) in [6.45, 7) is 11.0. The minimum atomic E-state index is -0.537. The first-order valence-corrected chi connectivity index (χ1v) is 10.1. The van der Waals surface area contributed by atoms with E-state index < -0.39 is 17.2 Å². The average molecular weight is 390 g/mol. The Balaban J connectivity index is 1.87. The second-order valence-corrected chi connectivity index (χ2v) is 9.14. The van der Waals surface area contributed by atoms with Gasteiger partial charge in [-0.05, 0) is 66.4 Å². The molecule has 2 heterocycles. The maximum Gasteiger partial charge on any atom is 0.408 e. The Morgan fingerprint density at radius 1 is 1.30 bits per heavy atom. The van der Waals surface area contributed by atoms with Crippen LogP contribution in [0, 0.1) is 13.8 Å². The van der Waals surface area contributed by atoms with Gasteiger partial charge in [0.15, 0.2) is 5.78 Å². The number of nitrogens with one attached hydrogen (secondary N) is 2. The van der Waals surface area contributed by atoms with Gasteiger partial charge in [-0.15, -0.1) is 11.3 Å². The number of hydrogen-bond acceptors (Lipinski definition) is 5. The van der Waals surface area contributed by atoms with E-state index in [1.54, 1.807) is 6.92 Å². The Labute approximate surface area is 163 Å². The van der Waals surface area contributed by atoms with Crippen molar-refractivity contribution in [3.05, 3.63) is 27.2 Å². The van der Waals surface area contributed by atoms with Crippen molar-refractivity contribution in [3.63, 3.8) is 0 Å². The summed E-state index contributed by atoms with van der Waals surface area (Å²) < 4.78 is 5.43. The highest BCUT2D eigenvalue weighted by Crippen LogP contribution is 2.44. The number of Topliss-reactive ketones (excluding diaryl/α,β-unsaturated/α-hetero) is 1. The van der Waals surface area contributed by atoms with Gasteiger partial charge >= 0.3 is 6.09 Å². The van der Waals surface area contributed by atoms with Crippen LogP contribution in [0.2, 0.25) is 0 Å². The van der Waals surface area contributed by atoms with Crippen molar-refractivity contribution in [2.45, 2.75) is 71.9 Å². The molecule has 0 saturated heterocycles. The van der Waals surface area contributed by atoms with E-state index in [1.807, 2.05) is 40.0 Å². The van der Waals surface area contributed by atoms with Crippen molar-refractivity contribution in [3.8, 4) is 11.4 Å². The first kappa shape index (κ1) is 19.6. The summed E-state index contributed by atoms with van der Waals surface area (Å²) in [5.41, 5.74) is 3.18. The highest BCUT2D eigenvalue weighted by atomic mass is 32.1. The van der Waals surface area contributed by atoms with E-state index in [0.29, 0.717) is 0 Å². The molecule has 1 fully saturated rings. The van der Waals surface area contributed by atoms with Crippen LogP contribution in [0.4, 0.5) is 4.79 Å². The van der Waals surface area contributed by atoms with Gasteiger partial charge < -0.3 is 15.0 Å². The zero-order valence-corrected chi connectivity index (χ0v) is 17.6. The second-order valence-electron chi connectivity index (χ2n) is 8.28. The highest BCUT2D eigenvalue weighted by Gasteiger charge is 2.43. The van der Waals surface area contributed by atoms with Crippen LogP contribution in [0.3, 0.4) is 0 Å². The van der Waals surface area contributed by atoms with Crippen LogP contribution in [0.5, 0.6) is 0 Å². The minimum Gasteiger partial charge on any atom is -0.444 e. The van der Waals surface area contributed by atoms with Crippen LogP contribution in [-0.4, -0.2) is 27.4 Å². The van der Waals surface area contributed by atoms with Crippen molar-refractivity contribution in [1.82, 2.24) is 15.3 Å². The van der Waals surface area contributed by atoms with E-state index in [0.717, 1.165) is 52.5 Å². The molecule has 0 radical (unpaired) electrons. The summed E-state index contributed by atoms with van der Waals surface area (Å²) in [6, 6.07) is 0. The highest BCUT2D eigenvalue weighted by molar-refractivity contribution is 7.10. The van der Waals surface area contributed by atoms with Crippen molar-refractivity contribution < 1.29 is 14.3 Å². The van der Waals surface area contributed by atoms with E-state index in [-0.39, 0.29) is 5.78 Å². The van der Waals surface area contributed by atoms with Crippen LogP contribution in [-0.2, 0) is 10.3 Å². The largest absolute Gasteiger partial charge is 0.444 e. The molecule has 1 amide bonds. The lowest BCUT2D eigenvalue weighted by Crippen LogP contribution is -2.52. The first-order chi connectivity index (χ1) is 12.5. The molecule has 27 heavy (non-hydrogen) atoms. The average Bonchev–Trinajstić information content (AvgIpc) is 3.06. The molecule has 0 unspecified atom stereocenters. The van der Waals surface area contributed by atoms with Crippen LogP contribution < -0.4 is 5.32 Å². The van der Waals surface area contributed by atoms with Gasteiger partial charge in [0.05, 0.1) is 16.9 Å². The fourth-order valence-electron chi connectivity index (χ4n) is 3.56. The van der Waals surface area contributed by atoms with Crippen LogP contribution >= 0.6 is 11.3 Å². The lowest BCUT2D eigenvalue weighted by molar-refractivity contribution is 0.0377. The smallest absolute Gasteiger partial charge is 0.408 e. The van der Waals surface area contributed by atoms with Gasteiger partial charge in [0.2, 0.25) is 0 Å². The molecule has 0 aromatic carbocycles. The molecule has 1 aliphatic rings. The summed E-state index contributed by atoms with van der Waals surface area (Å²) in [6.07, 6.45) is 2.32. The summed E-state index contributed by atoms with van der Waals surface area (Å²) in [7, 11) is 0. The molecule has 146 valence electrons. The molecule has 0 atom stereocenters. The molecular weight excluding hydrogens is 362 g/mol. The number of aryl methyl sites for hydroxylation is 1. The predicted molar refractivity (Wildman–Crippen MR) is 106 cm³/mol. The monoisotopic (exact) mass is 389 g/mol. The molecule has 1 saturated carbocycles. The normalized spacial score (nSPS) is 15.9. The van der Waals surface area contributed by atoms with Crippen molar-refractivity contribution in [1.29, 1.82) is 0 Å². The van der Waals surface area contributed by atoms with Gasteiger partial charge in [-0.2, -0.15) is 0 Å². The van der Waals surface area contributed by atoms with Gasteiger partial charge in [0.1, 0.15) is 10.6 Å². The number of amides is 1. The number of H-pyrrole nitrogens is 1. The number of aromatic amines is 1. The van der Waals surface area contributed by atoms with Gasteiger partial charge in [0, 0.05) is 16.6 Å². The Bertz CT molecular complexity index is 885. The number of ketones is 1. The Morgan fingerprint density at radius 2 is 1.96 bits per heavy atom. The van der Waals surface area contributed by atoms with Gasteiger partial charge in [0.25, 0.3) is 0 Å². The Morgan fingerprint density at radius 3 is 2.44 bits per heavy atom. The minimum absolute atomic E-state index is 0.0463. The van der Waals surface area contributed by atoms with Gasteiger partial charge in [-0.3, -0.25) is 4.79 Å². The molecule has 0 bridgehead atoms. The standard InChI is InChI=1S/C20H27N3O3S/c1-11-15(13(3)24)12(2)21-16(11)14-10-27-17(22-14)20(8-7-9-20)23-18(25)26-19(4,5)6/h10,21H,7-9H2,1-6H3,(H,23,25). The van der Waals surface area contributed by atoms with Crippen molar-refractivity contribution in [2.75, 3.05) is 0 Å². The van der Waals surface area contributed by atoms with Crippen molar-refractivity contribution >= 4 is 23.2 Å². The number of carbonyl (C=O) groups is 2. The molecular formula is C20H27N3O3S. The third-order valence-electron chi connectivity index (χ3n) is 4.91. The number of nitrogens with zero attached hydrogens (tertiary/aromatic N) is 1.